The molecule has 1 aromatic carbocycles. The molecule has 1 amide bonds. The molecular formula is C33H37F3N4O4. The number of carboxylic acid groups (broad SMARTS) is 1. The standard InChI is InChI=1S/C33H37F3N4O4/c1-19-12-20-14-23(13-19)32(16-20,29(42)43)39-28(41)24-17-37-30(38-27(24)33(34,35)36)40-18-31(8-10-44-11-9-31)25-15-22(6-7-26(25)40)21-4-2-3-5-21/h4,6-7,15,17,19-20,23H,2-3,5,8-14,16,18H2,1H3,(H,39,41)(H,42,43). The lowest BCUT2D eigenvalue weighted by atomic mass is 9.75. The van der Waals surface area contributed by atoms with Gasteiger partial charge in [0.25, 0.3) is 5.91 Å². The molecule has 1 saturated heterocycles. The monoisotopic (exact) mass is 610 g/mol. The van der Waals surface area contributed by atoms with Gasteiger partial charge in [0.2, 0.25) is 5.95 Å². The van der Waals surface area contributed by atoms with E-state index in [1.165, 1.54) is 5.57 Å². The van der Waals surface area contributed by atoms with Crippen molar-refractivity contribution in [2.75, 3.05) is 24.7 Å². The summed E-state index contributed by atoms with van der Waals surface area (Å²) >= 11 is 0. The molecule has 3 fully saturated rings. The summed E-state index contributed by atoms with van der Waals surface area (Å²) in [6.07, 6.45) is 5.10. The van der Waals surface area contributed by atoms with Crippen LogP contribution >= 0.6 is 0 Å². The van der Waals surface area contributed by atoms with E-state index in [4.69, 9.17) is 4.74 Å². The van der Waals surface area contributed by atoms with Crippen LogP contribution in [0.5, 0.6) is 0 Å². The van der Waals surface area contributed by atoms with Gasteiger partial charge in [-0.25, -0.2) is 14.8 Å². The van der Waals surface area contributed by atoms with Crippen molar-refractivity contribution in [3.8, 4) is 0 Å². The van der Waals surface area contributed by atoms with E-state index in [1.807, 2.05) is 19.1 Å². The largest absolute Gasteiger partial charge is 0.479 e. The van der Waals surface area contributed by atoms with Crippen molar-refractivity contribution < 1.29 is 32.6 Å². The first-order chi connectivity index (χ1) is 21.0. The Balaban J connectivity index is 1.25. The summed E-state index contributed by atoms with van der Waals surface area (Å²) < 4.78 is 49.3. The smallest absolute Gasteiger partial charge is 0.434 e. The lowest BCUT2D eigenvalue weighted by molar-refractivity contribution is -0.146. The van der Waals surface area contributed by atoms with E-state index in [-0.39, 0.29) is 29.6 Å². The SMILES string of the molecule is CC1CC2CC(C1)C(NC(=O)c1cnc(N3CC4(CCOCC4)c4cc(C5=CCCC5)ccc43)nc1C(F)(F)F)(C(=O)O)C2. The summed E-state index contributed by atoms with van der Waals surface area (Å²) in [4.78, 5) is 36.1. The Kier molecular flexibility index (Phi) is 7.02. The van der Waals surface area contributed by atoms with Crippen molar-refractivity contribution in [1.29, 1.82) is 0 Å². The molecule has 8 nitrogen and oxygen atoms in total. The maximum absolute atomic E-state index is 14.6. The van der Waals surface area contributed by atoms with Gasteiger partial charge in [0, 0.05) is 37.1 Å². The number of ether oxygens (including phenoxy) is 1. The van der Waals surface area contributed by atoms with Gasteiger partial charge in [0.05, 0.1) is 5.56 Å². The van der Waals surface area contributed by atoms with Crippen molar-refractivity contribution in [3.63, 3.8) is 0 Å². The van der Waals surface area contributed by atoms with Crippen LogP contribution in [0, 0.1) is 17.8 Å². The zero-order chi connectivity index (χ0) is 30.9. The first-order valence-corrected chi connectivity index (χ1v) is 15.7. The van der Waals surface area contributed by atoms with E-state index >= 15 is 0 Å². The second-order valence-electron chi connectivity index (χ2n) is 13.6. The number of halogens is 3. The molecule has 0 radical (unpaired) electrons. The van der Waals surface area contributed by atoms with E-state index in [0.29, 0.717) is 38.5 Å². The van der Waals surface area contributed by atoms with E-state index in [9.17, 15) is 27.9 Å². The van der Waals surface area contributed by atoms with Crippen molar-refractivity contribution in [3.05, 3.63) is 52.9 Å². The van der Waals surface area contributed by atoms with Crippen molar-refractivity contribution in [2.45, 2.75) is 81.8 Å². The average molecular weight is 611 g/mol. The van der Waals surface area contributed by atoms with E-state index < -0.39 is 34.8 Å². The quantitative estimate of drug-likeness (QED) is 0.411. The van der Waals surface area contributed by atoms with E-state index in [0.717, 1.165) is 61.5 Å². The third kappa shape index (κ3) is 4.78. The van der Waals surface area contributed by atoms with Crippen LogP contribution in [-0.4, -0.2) is 52.2 Å². The number of anilines is 2. The van der Waals surface area contributed by atoms with Gasteiger partial charge in [0.1, 0.15) is 5.54 Å². The van der Waals surface area contributed by atoms with Crippen LogP contribution in [0.3, 0.4) is 0 Å². The highest BCUT2D eigenvalue weighted by atomic mass is 19.4. The Morgan fingerprint density at radius 3 is 2.66 bits per heavy atom. The van der Waals surface area contributed by atoms with Crippen LogP contribution < -0.4 is 10.2 Å². The molecule has 234 valence electrons. The molecule has 2 N–H and O–H groups in total. The topological polar surface area (TPSA) is 105 Å². The number of carbonyl (C=O) groups excluding carboxylic acids is 1. The summed E-state index contributed by atoms with van der Waals surface area (Å²) in [6.45, 7) is 3.56. The third-order valence-corrected chi connectivity index (χ3v) is 10.8. The highest BCUT2D eigenvalue weighted by Crippen LogP contribution is 2.52. The lowest BCUT2D eigenvalue weighted by Crippen LogP contribution is -2.57. The molecule has 4 atom stereocenters. The van der Waals surface area contributed by atoms with Crippen LogP contribution in [0.2, 0.25) is 0 Å². The molecule has 2 aliphatic heterocycles. The summed E-state index contributed by atoms with van der Waals surface area (Å²) in [5, 5.41) is 12.8. The molecule has 2 aromatic rings. The Morgan fingerprint density at radius 1 is 1.16 bits per heavy atom. The Labute approximate surface area is 254 Å². The van der Waals surface area contributed by atoms with Gasteiger partial charge >= 0.3 is 12.1 Å². The summed E-state index contributed by atoms with van der Waals surface area (Å²) in [5.41, 5.74) is 0.203. The molecule has 1 aromatic heterocycles. The first kappa shape index (κ1) is 29.3. The number of rotatable bonds is 5. The molecule has 3 aliphatic carbocycles. The molecule has 1 spiro atoms. The highest BCUT2D eigenvalue weighted by molar-refractivity contribution is 5.99. The Bertz CT molecular complexity index is 1540. The molecular weight excluding hydrogens is 573 g/mol. The number of hydrogen-bond acceptors (Lipinski definition) is 6. The van der Waals surface area contributed by atoms with Crippen molar-refractivity contribution in [2.24, 2.45) is 17.8 Å². The Morgan fingerprint density at radius 2 is 1.95 bits per heavy atom. The normalized spacial score (nSPS) is 29.0. The van der Waals surface area contributed by atoms with Crippen LogP contribution in [0.4, 0.5) is 24.8 Å². The van der Waals surface area contributed by atoms with E-state index in [2.05, 4.69) is 27.4 Å². The van der Waals surface area contributed by atoms with Gasteiger partial charge in [-0.15, -0.1) is 0 Å². The number of hydrogen-bond donors (Lipinski definition) is 2. The molecule has 2 saturated carbocycles. The number of fused-ring (bicyclic) bond motifs is 4. The molecule has 5 aliphatic rings. The minimum absolute atomic E-state index is 0.110. The van der Waals surface area contributed by atoms with Gasteiger partial charge in [-0.2, -0.15) is 13.2 Å². The number of amides is 1. The van der Waals surface area contributed by atoms with E-state index in [1.54, 1.807) is 4.90 Å². The van der Waals surface area contributed by atoms with Crippen LogP contribution in [0.1, 0.15) is 91.9 Å². The van der Waals surface area contributed by atoms with Crippen molar-refractivity contribution >= 4 is 29.1 Å². The van der Waals surface area contributed by atoms with Crippen LogP contribution in [0.25, 0.3) is 5.57 Å². The predicted octanol–water partition coefficient (Wildman–Crippen LogP) is 6.27. The minimum atomic E-state index is -4.96. The number of nitrogens with one attached hydrogen (secondary N) is 1. The molecule has 11 heteroatoms. The van der Waals surface area contributed by atoms with Crippen molar-refractivity contribution in [1.82, 2.24) is 15.3 Å². The fourth-order valence-electron chi connectivity index (χ4n) is 8.73. The number of benzene rings is 1. The highest BCUT2D eigenvalue weighted by Gasteiger charge is 2.57. The number of allylic oxidation sites excluding steroid dienone is 2. The number of aliphatic carboxylic acids is 1. The average Bonchev–Trinajstić information content (AvgIpc) is 3.69. The molecule has 2 bridgehead atoms. The predicted molar refractivity (Wildman–Crippen MR) is 156 cm³/mol. The number of carboxylic acids is 1. The third-order valence-electron chi connectivity index (χ3n) is 10.8. The summed E-state index contributed by atoms with van der Waals surface area (Å²) in [5.74, 6) is -2.39. The second kappa shape index (κ2) is 10.6. The fraction of sp³-hybridized carbons (Fsp3) is 0.576. The van der Waals surface area contributed by atoms with Crippen LogP contribution in [-0.2, 0) is 21.1 Å². The molecule has 7 rings (SSSR count). The van der Waals surface area contributed by atoms with Gasteiger partial charge in [-0.3, -0.25) is 4.79 Å². The Hall–Kier alpha value is -3.47. The number of alkyl halides is 3. The molecule has 44 heavy (non-hydrogen) atoms. The molecule has 4 unspecified atom stereocenters. The number of nitrogens with zero attached hydrogens (tertiary/aromatic N) is 3. The number of carbonyl (C=O) groups is 2. The summed E-state index contributed by atoms with van der Waals surface area (Å²) in [6, 6.07) is 6.13. The zero-order valence-corrected chi connectivity index (χ0v) is 24.8. The lowest BCUT2D eigenvalue weighted by Gasteiger charge is -2.34. The summed E-state index contributed by atoms with van der Waals surface area (Å²) in [7, 11) is 0. The first-order valence-electron chi connectivity index (χ1n) is 15.7. The maximum atomic E-state index is 14.6. The van der Waals surface area contributed by atoms with Gasteiger partial charge in [0.15, 0.2) is 5.69 Å². The minimum Gasteiger partial charge on any atom is -0.479 e. The molecule has 3 heterocycles. The zero-order valence-electron chi connectivity index (χ0n) is 24.8. The van der Waals surface area contributed by atoms with Gasteiger partial charge in [-0.05, 0) is 104 Å². The van der Waals surface area contributed by atoms with Crippen LogP contribution in [0.15, 0.2) is 30.5 Å². The fourth-order valence-corrected chi connectivity index (χ4v) is 8.73. The van der Waals surface area contributed by atoms with Gasteiger partial charge < -0.3 is 20.1 Å². The maximum Gasteiger partial charge on any atom is 0.434 e. The number of aromatic nitrogens is 2. The second-order valence-corrected chi connectivity index (χ2v) is 13.6. The van der Waals surface area contributed by atoms with Gasteiger partial charge in [-0.1, -0.05) is 19.1 Å².